The van der Waals surface area contributed by atoms with Gasteiger partial charge in [0, 0.05) is 0 Å². The van der Waals surface area contributed by atoms with E-state index in [-0.39, 0.29) is 0 Å². The van der Waals surface area contributed by atoms with E-state index in [0.717, 1.165) is 25.7 Å². The molecule has 0 aromatic heterocycles. The van der Waals surface area contributed by atoms with Gasteiger partial charge in [-0.2, -0.15) is 0 Å². The SMILES string of the molecule is CCCCCCCC/C=C\CCCCCCCCOC(=O)OCCCCCCCCCC. The Kier molecular flexibility index (Phi) is 27.2. The lowest BCUT2D eigenvalue weighted by molar-refractivity contribution is 0.0529. The van der Waals surface area contributed by atoms with E-state index < -0.39 is 6.16 Å². The Morgan fingerprint density at radius 3 is 1.16 bits per heavy atom. The summed E-state index contributed by atoms with van der Waals surface area (Å²) in [4.78, 5) is 11.6. The van der Waals surface area contributed by atoms with Crippen molar-refractivity contribution in [2.45, 2.75) is 155 Å². The molecule has 0 heterocycles. The van der Waals surface area contributed by atoms with Crippen molar-refractivity contribution in [1.82, 2.24) is 0 Å². The maximum Gasteiger partial charge on any atom is 0.508 e. The van der Waals surface area contributed by atoms with E-state index in [1.807, 2.05) is 0 Å². The van der Waals surface area contributed by atoms with Crippen molar-refractivity contribution in [3.8, 4) is 0 Å². The second-order valence-corrected chi connectivity index (χ2v) is 9.36. The molecule has 0 saturated heterocycles. The fraction of sp³-hybridized carbons (Fsp3) is 0.897. The highest BCUT2D eigenvalue weighted by Gasteiger charge is 2.03. The molecule has 0 saturated carbocycles. The molecular formula is C29H56O3. The van der Waals surface area contributed by atoms with E-state index in [1.54, 1.807) is 0 Å². The van der Waals surface area contributed by atoms with Crippen LogP contribution < -0.4 is 0 Å². The molecule has 0 aromatic carbocycles. The van der Waals surface area contributed by atoms with Gasteiger partial charge in [-0.1, -0.05) is 129 Å². The zero-order valence-corrected chi connectivity index (χ0v) is 21.9. The molecule has 0 spiro atoms. The van der Waals surface area contributed by atoms with E-state index in [2.05, 4.69) is 26.0 Å². The number of unbranched alkanes of at least 4 members (excludes halogenated alkanes) is 19. The number of hydrogen-bond donors (Lipinski definition) is 0. The fourth-order valence-electron chi connectivity index (χ4n) is 3.94. The summed E-state index contributed by atoms with van der Waals surface area (Å²) in [6.07, 6.45) is 32.3. The molecule has 0 bridgehead atoms. The number of ether oxygens (including phenoxy) is 2. The molecule has 0 N–H and O–H groups in total. The van der Waals surface area contributed by atoms with Crippen molar-refractivity contribution in [2.75, 3.05) is 13.2 Å². The van der Waals surface area contributed by atoms with Gasteiger partial charge >= 0.3 is 6.16 Å². The minimum absolute atomic E-state index is 0.485. The van der Waals surface area contributed by atoms with Gasteiger partial charge in [0.05, 0.1) is 13.2 Å². The molecule has 0 aliphatic rings. The number of hydrogen-bond acceptors (Lipinski definition) is 3. The van der Waals surface area contributed by atoms with Gasteiger partial charge in [0.15, 0.2) is 0 Å². The topological polar surface area (TPSA) is 35.5 Å². The summed E-state index contributed by atoms with van der Waals surface area (Å²) in [6, 6.07) is 0. The molecule has 0 aliphatic heterocycles. The molecule has 0 fully saturated rings. The first kappa shape index (κ1) is 31.0. The third-order valence-corrected chi connectivity index (χ3v) is 6.09. The average Bonchev–Trinajstić information content (AvgIpc) is 2.80. The third kappa shape index (κ3) is 27.0. The van der Waals surface area contributed by atoms with E-state index in [4.69, 9.17) is 9.47 Å². The molecule has 3 nitrogen and oxygen atoms in total. The molecule has 0 aliphatic carbocycles. The van der Waals surface area contributed by atoms with Gasteiger partial charge < -0.3 is 9.47 Å². The van der Waals surface area contributed by atoms with Gasteiger partial charge in [0.1, 0.15) is 0 Å². The van der Waals surface area contributed by atoms with Crippen LogP contribution in [0.1, 0.15) is 155 Å². The summed E-state index contributed by atoms with van der Waals surface area (Å²) in [5.74, 6) is 0. The number of allylic oxidation sites excluding steroid dienone is 2. The lowest BCUT2D eigenvalue weighted by Gasteiger charge is -2.06. The zero-order chi connectivity index (χ0) is 23.4. The van der Waals surface area contributed by atoms with Gasteiger partial charge in [-0.3, -0.25) is 0 Å². The second-order valence-electron chi connectivity index (χ2n) is 9.36. The number of carbonyl (C=O) groups excluding carboxylic acids is 1. The quantitative estimate of drug-likeness (QED) is 0.0784. The minimum Gasteiger partial charge on any atom is -0.434 e. The summed E-state index contributed by atoms with van der Waals surface area (Å²) in [5, 5.41) is 0. The van der Waals surface area contributed by atoms with Crippen molar-refractivity contribution in [3.05, 3.63) is 12.2 Å². The second kappa shape index (κ2) is 28.0. The van der Waals surface area contributed by atoms with E-state index in [1.165, 1.54) is 116 Å². The third-order valence-electron chi connectivity index (χ3n) is 6.09. The maximum atomic E-state index is 11.6. The average molecular weight is 453 g/mol. The number of carbonyl (C=O) groups is 1. The van der Waals surface area contributed by atoms with Crippen LogP contribution in [-0.2, 0) is 9.47 Å². The largest absolute Gasteiger partial charge is 0.508 e. The maximum absolute atomic E-state index is 11.6. The Labute approximate surface area is 201 Å². The first-order chi connectivity index (χ1) is 15.8. The van der Waals surface area contributed by atoms with Crippen molar-refractivity contribution in [3.63, 3.8) is 0 Å². The van der Waals surface area contributed by atoms with Crippen molar-refractivity contribution in [2.24, 2.45) is 0 Å². The lowest BCUT2D eigenvalue weighted by Crippen LogP contribution is -2.09. The van der Waals surface area contributed by atoms with Crippen LogP contribution >= 0.6 is 0 Å². The molecule has 0 radical (unpaired) electrons. The Hall–Kier alpha value is -0.990. The van der Waals surface area contributed by atoms with E-state index in [0.29, 0.717) is 13.2 Å². The number of rotatable bonds is 25. The highest BCUT2D eigenvalue weighted by Crippen LogP contribution is 2.11. The molecule has 32 heavy (non-hydrogen) atoms. The van der Waals surface area contributed by atoms with Crippen molar-refractivity contribution in [1.29, 1.82) is 0 Å². The Morgan fingerprint density at radius 2 is 0.781 bits per heavy atom. The molecule has 0 unspecified atom stereocenters. The van der Waals surface area contributed by atoms with E-state index in [9.17, 15) is 4.79 Å². The first-order valence-electron chi connectivity index (χ1n) is 14.3. The molecule has 190 valence electrons. The van der Waals surface area contributed by atoms with Gasteiger partial charge in [0.25, 0.3) is 0 Å². The van der Waals surface area contributed by atoms with Crippen molar-refractivity contribution < 1.29 is 14.3 Å². The zero-order valence-electron chi connectivity index (χ0n) is 21.9. The van der Waals surface area contributed by atoms with Crippen LogP contribution in [0.25, 0.3) is 0 Å². The fourth-order valence-corrected chi connectivity index (χ4v) is 3.94. The van der Waals surface area contributed by atoms with Gasteiger partial charge in [-0.25, -0.2) is 4.79 Å². The summed E-state index contributed by atoms with van der Waals surface area (Å²) < 4.78 is 10.3. The van der Waals surface area contributed by atoms with Crippen LogP contribution in [0.4, 0.5) is 4.79 Å². The van der Waals surface area contributed by atoms with Crippen LogP contribution in [0.2, 0.25) is 0 Å². The molecule has 0 rings (SSSR count). The monoisotopic (exact) mass is 452 g/mol. The first-order valence-corrected chi connectivity index (χ1v) is 14.3. The molecular weight excluding hydrogens is 396 g/mol. The Morgan fingerprint density at radius 1 is 0.469 bits per heavy atom. The van der Waals surface area contributed by atoms with E-state index >= 15 is 0 Å². The summed E-state index contributed by atoms with van der Waals surface area (Å²) in [5.41, 5.74) is 0. The predicted octanol–water partition coefficient (Wildman–Crippen LogP) is 10.3. The van der Waals surface area contributed by atoms with Crippen LogP contribution in [0.15, 0.2) is 12.2 Å². The van der Waals surface area contributed by atoms with Crippen LogP contribution in [-0.4, -0.2) is 19.4 Å². The highest BCUT2D eigenvalue weighted by atomic mass is 16.7. The molecule has 0 amide bonds. The predicted molar refractivity (Wildman–Crippen MR) is 139 cm³/mol. The van der Waals surface area contributed by atoms with Crippen LogP contribution in [0.5, 0.6) is 0 Å². The Balaban J connectivity index is 3.18. The normalized spacial score (nSPS) is 11.3. The summed E-state index contributed by atoms with van der Waals surface area (Å²) >= 11 is 0. The van der Waals surface area contributed by atoms with Crippen LogP contribution in [0, 0.1) is 0 Å². The lowest BCUT2D eigenvalue weighted by atomic mass is 10.1. The summed E-state index contributed by atoms with van der Waals surface area (Å²) in [6.45, 7) is 5.52. The highest BCUT2D eigenvalue weighted by molar-refractivity contribution is 5.59. The molecule has 0 aromatic rings. The van der Waals surface area contributed by atoms with Gasteiger partial charge in [-0.05, 0) is 38.5 Å². The summed E-state index contributed by atoms with van der Waals surface area (Å²) in [7, 11) is 0. The standard InChI is InChI=1S/C29H56O3/c1-3-5-7-9-11-13-14-15-16-17-18-19-20-22-24-26-28-32-29(30)31-27-25-23-21-12-10-8-6-4-2/h15-16H,3-14,17-28H2,1-2H3/b16-15-. The van der Waals surface area contributed by atoms with Crippen LogP contribution in [0.3, 0.4) is 0 Å². The van der Waals surface area contributed by atoms with Crippen molar-refractivity contribution >= 4 is 6.16 Å². The van der Waals surface area contributed by atoms with Gasteiger partial charge in [0.2, 0.25) is 0 Å². The van der Waals surface area contributed by atoms with Gasteiger partial charge in [-0.15, -0.1) is 0 Å². The molecule has 0 atom stereocenters. The smallest absolute Gasteiger partial charge is 0.434 e. The Bertz CT molecular complexity index is 392. The minimum atomic E-state index is -0.485. The molecule has 3 heteroatoms.